The molecule has 1 heteroatoms. The van der Waals surface area contributed by atoms with E-state index in [4.69, 9.17) is 0 Å². The Hall–Kier alpha value is 0.480. The van der Waals surface area contributed by atoms with Gasteiger partial charge in [0.1, 0.15) is 0 Å². The summed E-state index contributed by atoms with van der Waals surface area (Å²) in [5, 5.41) is 1.17. The summed E-state index contributed by atoms with van der Waals surface area (Å²) in [5.41, 5.74) is 0.626. The Morgan fingerprint density at radius 2 is 2.18 bits per heavy atom. The lowest BCUT2D eigenvalue weighted by Crippen LogP contribution is -2.12. The largest absolute Gasteiger partial charge is 0.0925 e. The minimum Gasteiger partial charge on any atom is -0.0925 e. The minimum absolute atomic E-state index is 0.626. The van der Waals surface area contributed by atoms with Crippen molar-refractivity contribution in [3.63, 3.8) is 0 Å². The molecule has 0 aliphatic heterocycles. The maximum Gasteiger partial charge on any atom is 0.00596 e. The van der Waals surface area contributed by atoms with E-state index in [2.05, 4.69) is 36.7 Å². The van der Waals surface area contributed by atoms with Gasteiger partial charge in [-0.3, -0.25) is 0 Å². The Bertz CT molecular complexity index is 129. The van der Waals surface area contributed by atoms with Crippen LogP contribution in [0, 0.1) is 17.3 Å². The smallest absolute Gasteiger partial charge is 0.00596 e. The van der Waals surface area contributed by atoms with Crippen molar-refractivity contribution in [2.75, 3.05) is 5.33 Å². The third-order valence-electron chi connectivity index (χ3n) is 3.05. The van der Waals surface area contributed by atoms with Crippen molar-refractivity contribution in [1.82, 2.24) is 0 Å². The molecule has 1 aliphatic carbocycles. The van der Waals surface area contributed by atoms with Crippen LogP contribution in [-0.2, 0) is 0 Å². The van der Waals surface area contributed by atoms with Crippen molar-refractivity contribution in [2.45, 2.75) is 40.0 Å². The van der Waals surface area contributed by atoms with Crippen LogP contribution < -0.4 is 0 Å². The zero-order chi connectivity index (χ0) is 8.48. The molecule has 0 bridgehead atoms. The van der Waals surface area contributed by atoms with Crippen LogP contribution in [0.3, 0.4) is 0 Å². The Labute approximate surface area is 78.9 Å². The molecule has 1 saturated carbocycles. The summed E-state index contributed by atoms with van der Waals surface area (Å²) in [7, 11) is 0. The number of alkyl halides is 1. The second-order valence-corrected chi connectivity index (χ2v) is 5.45. The molecule has 66 valence electrons. The lowest BCUT2D eigenvalue weighted by Gasteiger charge is -2.20. The van der Waals surface area contributed by atoms with E-state index in [1.54, 1.807) is 0 Å². The third kappa shape index (κ3) is 2.47. The minimum atomic E-state index is 0.626. The first kappa shape index (κ1) is 9.57. The topological polar surface area (TPSA) is 0 Å². The molecular formula is C10H19Br. The van der Waals surface area contributed by atoms with E-state index >= 15 is 0 Å². The highest BCUT2D eigenvalue weighted by Gasteiger charge is 2.33. The van der Waals surface area contributed by atoms with Crippen molar-refractivity contribution < 1.29 is 0 Å². The molecule has 2 unspecified atom stereocenters. The zero-order valence-corrected chi connectivity index (χ0v) is 9.45. The summed E-state index contributed by atoms with van der Waals surface area (Å²) >= 11 is 3.56. The fraction of sp³-hybridized carbons (Fsp3) is 1.00. The van der Waals surface area contributed by atoms with Gasteiger partial charge in [0.05, 0.1) is 0 Å². The van der Waals surface area contributed by atoms with Gasteiger partial charge in [0.2, 0.25) is 0 Å². The molecule has 1 aliphatic rings. The second kappa shape index (κ2) is 3.47. The number of halogens is 1. The lowest BCUT2D eigenvalue weighted by atomic mass is 9.87. The summed E-state index contributed by atoms with van der Waals surface area (Å²) in [6, 6.07) is 0. The van der Waals surface area contributed by atoms with Crippen LogP contribution >= 0.6 is 15.9 Å². The van der Waals surface area contributed by atoms with Gasteiger partial charge in [0.25, 0.3) is 0 Å². The Morgan fingerprint density at radius 3 is 2.55 bits per heavy atom. The Kier molecular flexibility index (Phi) is 3.02. The van der Waals surface area contributed by atoms with E-state index in [0.29, 0.717) is 5.41 Å². The fourth-order valence-electron chi connectivity index (χ4n) is 2.10. The van der Waals surface area contributed by atoms with Crippen LogP contribution in [0.2, 0.25) is 0 Å². The molecule has 0 radical (unpaired) electrons. The van der Waals surface area contributed by atoms with Crippen molar-refractivity contribution in [3.8, 4) is 0 Å². The molecule has 0 saturated heterocycles. The van der Waals surface area contributed by atoms with Crippen molar-refractivity contribution in [2.24, 2.45) is 17.3 Å². The van der Waals surface area contributed by atoms with E-state index < -0.39 is 0 Å². The molecule has 1 fully saturated rings. The highest BCUT2D eigenvalue weighted by molar-refractivity contribution is 9.09. The van der Waals surface area contributed by atoms with Crippen LogP contribution in [-0.4, -0.2) is 5.33 Å². The van der Waals surface area contributed by atoms with Gasteiger partial charge in [-0.25, -0.2) is 0 Å². The van der Waals surface area contributed by atoms with Crippen molar-refractivity contribution >= 4 is 15.9 Å². The highest BCUT2D eigenvalue weighted by Crippen LogP contribution is 2.44. The van der Waals surface area contributed by atoms with Gasteiger partial charge in [-0.2, -0.15) is 0 Å². The van der Waals surface area contributed by atoms with Crippen LogP contribution in [0.1, 0.15) is 40.0 Å². The van der Waals surface area contributed by atoms with Crippen molar-refractivity contribution in [3.05, 3.63) is 0 Å². The molecule has 0 nitrogen and oxygen atoms in total. The zero-order valence-electron chi connectivity index (χ0n) is 7.86. The van der Waals surface area contributed by atoms with Crippen LogP contribution in [0.5, 0.6) is 0 Å². The molecule has 11 heavy (non-hydrogen) atoms. The quantitative estimate of drug-likeness (QED) is 0.619. The average molecular weight is 219 g/mol. The standard InChI is InChI=1S/C10H19Br/c1-8(7-11)9-4-5-10(2,3)6-9/h8-9H,4-7H2,1-3H3. The first-order valence-electron chi connectivity index (χ1n) is 4.61. The summed E-state index contributed by atoms with van der Waals surface area (Å²) in [6.07, 6.45) is 4.30. The molecule has 0 heterocycles. The summed E-state index contributed by atoms with van der Waals surface area (Å²) in [4.78, 5) is 0. The SMILES string of the molecule is CC(CBr)C1CCC(C)(C)C1. The second-order valence-electron chi connectivity index (χ2n) is 4.80. The molecule has 0 amide bonds. The molecule has 0 aromatic carbocycles. The van der Waals surface area contributed by atoms with Crippen LogP contribution in [0.25, 0.3) is 0 Å². The summed E-state index contributed by atoms with van der Waals surface area (Å²) in [5.74, 6) is 1.85. The predicted octanol–water partition coefficient (Wildman–Crippen LogP) is 3.84. The fourth-order valence-corrected chi connectivity index (χ4v) is 2.63. The molecular weight excluding hydrogens is 200 g/mol. The Balaban J connectivity index is 2.41. The number of rotatable bonds is 2. The molecule has 2 atom stereocenters. The van der Waals surface area contributed by atoms with Gasteiger partial charge in [0, 0.05) is 5.33 Å². The van der Waals surface area contributed by atoms with Gasteiger partial charge < -0.3 is 0 Å². The monoisotopic (exact) mass is 218 g/mol. The molecule has 0 N–H and O–H groups in total. The van der Waals surface area contributed by atoms with E-state index in [1.807, 2.05) is 0 Å². The van der Waals surface area contributed by atoms with Gasteiger partial charge >= 0.3 is 0 Å². The van der Waals surface area contributed by atoms with E-state index in [0.717, 1.165) is 11.8 Å². The first-order valence-corrected chi connectivity index (χ1v) is 5.73. The highest BCUT2D eigenvalue weighted by atomic mass is 79.9. The van der Waals surface area contributed by atoms with E-state index in [-0.39, 0.29) is 0 Å². The first-order chi connectivity index (χ1) is 5.05. The number of hydrogen-bond donors (Lipinski definition) is 0. The normalized spacial score (nSPS) is 32.2. The average Bonchev–Trinajstić information content (AvgIpc) is 2.29. The molecule has 1 rings (SSSR count). The Morgan fingerprint density at radius 1 is 1.55 bits per heavy atom. The third-order valence-corrected chi connectivity index (χ3v) is 4.08. The maximum absolute atomic E-state index is 3.56. The van der Waals surface area contributed by atoms with Gasteiger partial charge in [-0.15, -0.1) is 0 Å². The predicted molar refractivity (Wildman–Crippen MR) is 54.1 cm³/mol. The van der Waals surface area contributed by atoms with E-state index in [9.17, 15) is 0 Å². The summed E-state index contributed by atoms with van der Waals surface area (Å²) in [6.45, 7) is 7.16. The molecule has 0 aromatic rings. The lowest BCUT2D eigenvalue weighted by molar-refractivity contribution is 0.326. The van der Waals surface area contributed by atoms with Crippen LogP contribution in [0.4, 0.5) is 0 Å². The van der Waals surface area contributed by atoms with Gasteiger partial charge in [0.15, 0.2) is 0 Å². The van der Waals surface area contributed by atoms with Gasteiger partial charge in [-0.05, 0) is 36.5 Å². The summed E-state index contributed by atoms with van der Waals surface area (Å²) < 4.78 is 0. The number of hydrogen-bond acceptors (Lipinski definition) is 0. The molecule has 0 aromatic heterocycles. The van der Waals surface area contributed by atoms with Gasteiger partial charge in [-0.1, -0.05) is 36.7 Å². The van der Waals surface area contributed by atoms with Crippen molar-refractivity contribution in [1.29, 1.82) is 0 Å². The van der Waals surface area contributed by atoms with Crippen LogP contribution in [0.15, 0.2) is 0 Å². The maximum atomic E-state index is 3.56. The van der Waals surface area contributed by atoms with E-state index in [1.165, 1.54) is 24.6 Å². The molecule has 0 spiro atoms.